The van der Waals surface area contributed by atoms with Gasteiger partial charge in [0.05, 0.1) is 6.61 Å². The van der Waals surface area contributed by atoms with Crippen LogP contribution in [0.3, 0.4) is 0 Å². The van der Waals surface area contributed by atoms with E-state index in [2.05, 4.69) is 44.2 Å². The van der Waals surface area contributed by atoms with Crippen LogP contribution in [0.1, 0.15) is 108 Å². The van der Waals surface area contributed by atoms with Crippen LogP contribution in [0.25, 0.3) is 0 Å². The summed E-state index contributed by atoms with van der Waals surface area (Å²) in [7, 11) is 0. The van der Waals surface area contributed by atoms with Gasteiger partial charge < -0.3 is 4.74 Å². The molecule has 32 heavy (non-hydrogen) atoms. The van der Waals surface area contributed by atoms with Crippen molar-refractivity contribution in [3.8, 4) is 5.75 Å². The quantitative estimate of drug-likeness (QED) is 0.263. The van der Waals surface area contributed by atoms with Crippen molar-refractivity contribution in [1.29, 1.82) is 0 Å². The minimum Gasteiger partial charge on any atom is -0.494 e. The van der Waals surface area contributed by atoms with Crippen LogP contribution in [-0.2, 0) is 12.8 Å². The second-order valence-electron chi connectivity index (χ2n) is 11.3. The molecule has 1 heteroatoms. The summed E-state index contributed by atoms with van der Waals surface area (Å²) in [6.07, 6.45) is 25.5. The first-order valence-corrected chi connectivity index (χ1v) is 14.1. The molecule has 0 aromatic heterocycles. The van der Waals surface area contributed by atoms with Gasteiger partial charge in [0.15, 0.2) is 0 Å². The Labute approximate surface area is 198 Å². The third kappa shape index (κ3) is 6.42. The zero-order valence-electron chi connectivity index (χ0n) is 21.0. The summed E-state index contributed by atoms with van der Waals surface area (Å²) in [5.74, 6) is 6.11. The summed E-state index contributed by atoms with van der Waals surface area (Å²) in [5, 5.41) is 0. The van der Waals surface area contributed by atoms with E-state index in [4.69, 9.17) is 4.74 Å². The van der Waals surface area contributed by atoms with E-state index in [9.17, 15) is 0 Å². The lowest BCUT2D eigenvalue weighted by molar-refractivity contribution is 0.0699. The van der Waals surface area contributed by atoms with E-state index in [1.807, 2.05) is 0 Å². The first kappa shape index (κ1) is 23.9. The molecule has 3 unspecified atom stereocenters. The molecule has 4 rings (SSSR count). The molecular formula is C31H48O. The van der Waals surface area contributed by atoms with Gasteiger partial charge in [-0.25, -0.2) is 0 Å². The smallest absolute Gasteiger partial charge is 0.119 e. The van der Waals surface area contributed by atoms with E-state index in [0.717, 1.165) is 41.9 Å². The Balaban J connectivity index is 1.24. The maximum absolute atomic E-state index is 6.06. The number of aryl methyl sites for hydroxylation is 1. The Morgan fingerprint density at radius 1 is 0.875 bits per heavy atom. The first-order valence-electron chi connectivity index (χ1n) is 14.1. The third-order valence-corrected chi connectivity index (χ3v) is 9.12. The fourth-order valence-electron chi connectivity index (χ4n) is 7.18. The molecule has 2 saturated carbocycles. The molecule has 1 aromatic carbocycles. The first-order chi connectivity index (χ1) is 15.8. The number of hydrogen-bond acceptors (Lipinski definition) is 1. The van der Waals surface area contributed by atoms with Crippen molar-refractivity contribution in [3.05, 3.63) is 41.5 Å². The summed E-state index contributed by atoms with van der Waals surface area (Å²) >= 11 is 0. The predicted molar refractivity (Wildman–Crippen MR) is 137 cm³/mol. The minimum absolute atomic E-state index is 0.877. The van der Waals surface area contributed by atoms with Crippen molar-refractivity contribution in [2.24, 2.45) is 29.6 Å². The van der Waals surface area contributed by atoms with Gasteiger partial charge in [0.25, 0.3) is 0 Å². The van der Waals surface area contributed by atoms with Crippen molar-refractivity contribution in [2.75, 3.05) is 6.61 Å². The van der Waals surface area contributed by atoms with Gasteiger partial charge >= 0.3 is 0 Å². The molecule has 0 spiro atoms. The van der Waals surface area contributed by atoms with Crippen molar-refractivity contribution in [1.82, 2.24) is 0 Å². The maximum Gasteiger partial charge on any atom is 0.119 e. The van der Waals surface area contributed by atoms with Crippen molar-refractivity contribution in [3.63, 3.8) is 0 Å². The van der Waals surface area contributed by atoms with Gasteiger partial charge in [-0.05, 0) is 130 Å². The lowest BCUT2D eigenvalue weighted by atomic mass is 9.61. The monoisotopic (exact) mass is 436 g/mol. The van der Waals surface area contributed by atoms with Crippen molar-refractivity contribution < 1.29 is 4.74 Å². The van der Waals surface area contributed by atoms with E-state index in [0.29, 0.717) is 0 Å². The van der Waals surface area contributed by atoms with Crippen LogP contribution >= 0.6 is 0 Å². The fourth-order valence-corrected chi connectivity index (χ4v) is 7.18. The van der Waals surface area contributed by atoms with E-state index in [1.165, 1.54) is 96.3 Å². The summed E-state index contributed by atoms with van der Waals surface area (Å²) in [5.41, 5.74) is 3.19. The zero-order chi connectivity index (χ0) is 22.2. The molecule has 0 aliphatic heterocycles. The minimum atomic E-state index is 0.877. The molecule has 0 amide bonds. The molecule has 3 aliphatic carbocycles. The van der Waals surface area contributed by atoms with Gasteiger partial charge in [-0.15, -0.1) is 0 Å². The Hall–Kier alpha value is -1.24. The normalized spacial score (nSPS) is 30.1. The highest BCUT2D eigenvalue weighted by atomic mass is 16.5. The molecule has 3 aliphatic rings. The molecular weight excluding hydrogens is 388 g/mol. The Kier molecular flexibility index (Phi) is 9.18. The number of hydrogen-bond donors (Lipinski definition) is 0. The molecule has 0 radical (unpaired) electrons. The maximum atomic E-state index is 6.06. The van der Waals surface area contributed by atoms with E-state index >= 15 is 0 Å². The molecule has 1 nitrogen and oxygen atoms in total. The van der Waals surface area contributed by atoms with E-state index < -0.39 is 0 Å². The number of unbranched alkanes of at least 4 members (excludes halogenated alkanes) is 3. The van der Waals surface area contributed by atoms with E-state index in [1.54, 1.807) is 11.1 Å². The van der Waals surface area contributed by atoms with Gasteiger partial charge in [-0.2, -0.15) is 0 Å². The SMILES string of the molecule is C/C=C/CC[C@@H]1CC[C@@H]2CC(C3CCc4cc(OCCCCCC)ccc4C3)CCC2C1. The van der Waals surface area contributed by atoms with Crippen LogP contribution in [0.5, 0.6) is 5.75 Å². The lowest BCUT2D eigenvalue weighted by Crippen LogP contribution is -2.35. The van der Waals surface area contributed by atoms with Gasteiger partial charge in [-0.3, -0.25) is 0 Å². The molecule has 5 atom stereocenters. The average Bonchev–Trinajstić information content (AvgIpc) is 2.83. The summed E-state index contributed by atoms with van der Waals surface area (Å²) < 4.78 is 6.06. The molecule has 178 valence electrons. The van der Waals surface area contributed by atoms with Crippen LogP contribution < -0.4 is 4.74 Å². The lowest BCUT2D eigenvalue weighted by Gasteiger charge is -2.45. The van der Waals surface area contributed by atoms with Crippen molar-refractivity contribution >= 4 is 0 Å². The van der Waals surface area contributed by atoms with E-state index in [-0.39, 0.29) is 0 Å². The number of rotatable bonds is 10. The summed E-state index contributed by atoms with van der Waals surface area (Å²) in [6, 6.07) is 6.99. The molecule has 0 heterocycles. The largest absolute Gasteiger partial charge is 0.494 e. The molecule has 0 saturated heterocycles. The number of allylic oxidation sites excluding steroid dienone is 2. The highest BCUT2D eigenvalue weighted by Gasteiger charge is 2.38. The van der Waals surface area contributed by atoms with Crippen LogP contribution in [0.15, 0.2) is 30.4 Å². The van der Waals surface area contributed by atoms with Gasteiger partial charge in [0.2, 0.25) is 0 Å². The predicted octanol–water partition coefficient (Wildman–Crippen LogP) is 8.94. The topological polar surface area (TPSA) is 9.23 Å². The summed E-state index contributed by atoms with van der Waals surface area (Å²) in [4.78, 5) is 0. The molecule has 1 aromatic rings. The second kappa shape index (κ2) is 12.3. The van der Waals surface area contributed by atoms with Crippen LogP contribution in [0, 0.1) is 29.6 Å². The Bertz CT molecular complexity index is 719. The highest BCUT2D eigenvalue weighted by molar-refractivity contribution is 5.37. The molecule has 2 fully saturated rings. The Morgan fingerprint density at radius 2 is 1.69 bits per heavy atom. The number of fused-ring (bicyclic) bond motifs is 2. The third-order valence-electron chi connectivity index (χ3n) is 9.12. The summed E-state index contributed by atoms with van der Waals surface area (Å²) in [6.45, 7) is 5.30. The Morgan fingerprint density at radius 3 is 2.53 bits per heavy atom. The van der Waals surface area contributed by atoms with Gasteiger partial charge in [0, 0.05) is 0 Å². The van der Waals surface area contributed by atoms with Crippen LogP contribution in [0.2, 0.25) is 0 Å². The molecule has 0 bridgehead atoms. The number of benzene rings is 1. The fraction of sp³-hybridized carbons (Fsp3) is 0.742. The molecule has 0 N–H and O–H groups in total. The van der Waals surface area contributed by atoms with Crippen LogP contribution in [0.4, 0.5) is 0 Å². The van der Waals surface area contributed by atoms with Crippen LogP contribution in [-0.4, -0.2) is 6.61 Å². The average molecular weight is 437 g/mol. The second-order valence-corrected chi connectivity index (χ2v) is 11.3. The van der Waals surface area contributed by atoms with Gasteiger partial charge in [0.1, 0.15) is 5.75 Å². The highest BCUT2D eigenvalue weighted by Crippen LogP contribution is 2.49. The number of ether oxygens (including phenoxy) is 1. The van der Waals surface area contributed by atoms with Crippen molar-refractivity contribution in [2.45, 2.75) is 110 Å². The standard InChI is InChI=1S/C31H48O/c1-3-5-7-9-19-32-31-18-17-29-22-28(15-16-30(29)23-31)27-14-13-25-20-24(10-8-6-4-2)11-12-26(25)21-27/h4,6,17-18,23-28H,3,5,7-16,19-22H2,1-2H3/b6-4+/t24-,25?,26-,27?,28?/m1/s1. The van der Waals surface area contributed by atoms with Gasteiger partial charge in [-0.1, -0.05) is 50.8 Å². The zero-order valence-corrected chi connectivity index (χ0v) is 21.0.